The van der Waals surface area contributed by atoms with Gasteiger partial charge in [0.2, 0.25) is 0 Å². The quantitative estimate of drug-likeness (QED) is 0.377. The predicted molar refractivity (Wildman–Crippen MR) is 145 cm³/mol. The van der Waals surface area contributed by atoms with Crippen LogP contribution >= 0.6 is 13.5 Å². The molecule has 0 N–H and O–H groups in total. The fourth-order valence-electron chi connectivity index (χ4n) is 4.63. The minimum Gasteiger partial charge on any atom is -0.314 e. The Balaban J connectivity index is 0.00000385. The second kappa shape index (κ2) is 10.5. The highest BCUT2D eigenvalue weighted by Gasteiger charge is 2.49. The zero-order valence-corrected chi connectivity index (χ0v) is 22.6. The van der Waals surface area contributed by atoms with Crippen LogP contribution in [0.5, 0.6) is 0 Å². The largest absolute Gasteiger partial charge is 0.386 e. The zero-order valence-electron chi connectivity index (χ0n) is 21.6. The monoisotopic (exact) mass is 472 g/mol. The van der Waals surface area contributed by atoms with E-state index in [1.54, 1.807) is 9.80 Å². The summed E-state index contributed by atoms with van der Waals surface area (Å²) in [5.41, 5.74) is 6.25. The Morgan fingerprint density at radius 2 is 0.909 bits per heavy atom. The van der Waals surface area contributed by atoms with Crippen molar-refractivity contribution < 1.29 is 9.13 Å². The third kappa shape index (κ3) is 4.81. The highest BCUT2D eigenvalue weighted by molar-refractivity contribution is 7.59. The van der Waals surface area contributed by atoms with Gasteiger partial charge in [-0.2, -0.15) is 17.9 Å². The summed E-state index contributed by atoms with van der Waals surface area (Å²) in [6, 6.07) is 12.5. The first-order valence-corrected chi connectivity index (χ1v) is 11.8. The number of alkyl halides is 1. The molecule has 0 amide bonds. The second-order valence-corrected chi connectivity index (χ2v) is 9.96. The smallest absolute Gasteiger partial charge is 0.314 e. The number of methoxy groups -OCH3 is 1. The van der Waals surface area contributed by atoms with Gasteiger partial charge in [-0.05, 0) is 45.9 Å². The summed E-state index contributed by atoms with van der Waals surface area (Å²) in [7, 11) is 1.45. The van der Waals surface area contributed by atoms with Gasteiger partial charge in [0.05, 0.1) is 11.4 Å². The van der Waals surface area contributed by atoms with Crippen molar-refractivity contribution in [3.8, 4) is 0 Å². The van der Waals surface area contributed by atoms with Gasteiger partial charge in [-0.15, -0.1) is 0 Å². The maximum Gasteiger partial charge on any atom is 0.386 e. The molecule has 33 heavy (non-hydrogen) atoms. The van der Waals surface area contributed by atoms with E-state index in [4.69, 9.17) is 4.74 Å². The molecule has 3 rings (SSSR count). The Morgan fingerprint density at radius 1 is 0.636 bits per heavy atom. The van der Waals surface area contributed by atoms with Crippen LogP contribution in [0, 0.1) is 0 Å². The Kier molecular flexibility index (Phi) is 8.69. The third-order valence-electron chi connectivity index (χ3n) is 6.39. The minimum absolute atomic E-state index is 0. The van der Waals surface area contributed by atoms with Crippen molar-refractivity contribution in [2.45, 2.75) is 85.2 Å². The van der Waals surface area contributed by atoms with Crippen LogP contribution in [0.1, 0.15) is 101 Å². The van der Waals surface area contributed by atoms with E-state index in [1.165, 1.54) is 7.11 Å². The number of ether oxygens (including phenoxy) is 1. The zero-order chi connectivity index (χ0) is 23.8. The summed E-state index contributed by atoms with van der Waals surface area (Å²) in [5.74, 6) is 1.01. The Hall–Kier alpha value is -1.98. The topological polar surface area (TPSA) is 15.7 Å². The van der Waals surface area contributed by atoms with E-state index in [1.807, 2.05) is 12.4 Å². The van der Waals surface area contributed by atoms with Gasteiger partial charge in [0.1, 0.15) is 0 Å². The number of hydrogen-bond donors (Lipinski definition) is 0. The lowest BCUT2D eigenvalue weighted by Gasteiger charge is -2.40. The molecule has 5 heteroatoms. The van der Waals surface area contributed by atoms with E-state index >= 15 is 4.39 Å². The number of rotatable bonds is 7. The molecule has 1 aliphatic rings. The highest BCUT2D eigenvalue weighted by Crippen LogP contribution is 2.47. The third-order valence-corrected chi connectivity index (χ3v) is 6.39. The van der Waals surface area contributed by atoms with E-state index in [0.717, 1.165) is 33.6 Å². The number of anilines is 2. The Morgan fingerprint density at radius 3 is 1.12 bits per heavy atom. The van der Waals surface area contributed by atoms with Gasteiger partial charge in [0.15, 0.2) is 0 Å². The molecule has 0 saturated carbocycles. The molecule has 3 nitrogen and oxygen atoms in total. The molecule has 1 heterocycles. The van der Waals surface area contributed by atoms with Crippen LogP contribution in [0.3, 0.4) is 0 Å². The molecule has 0 unspecified atom stereocenters. The molecule has 0 aromatic heterocycles. The number of hydrogen-bond acceptors (Lipinski definition) is 3. The SMILES string of the molecule is COC1(F)N(c2c(C(C)C)cccc2C(C)C)C=CN1c1c(C(C)C)cccc1C(C)C.S. The molecular formula is C28H41FN2OS. The first-order valence-electron chi connectivity index (χ1n) is 11.8. The van der Waals surface area contributed by atoms with Crippen LogP contribution in [0.15, 0.2) is 48.8 Å². The van der Waals surface area contributed by atoms with Crippen molar-refractivity contribution in [1.82, 2.24) is 0 Å². The van der Waals surface area contributed by atoms with Gasteiger partial charge in [-0.1, -0.05) is 91.8 Å². The molecule has 0 fully saturated rings. The van der Waals surface area contributed by atoms with E-state index < -0.39 is 6.10 Å². The van der Waals surface area contributed by atoms with Crippen molar-refractivity contribution in [2.24, 2.45) is 0 Å². The average molecular weight is 473 g/mol. The fraction of sp³-hybridized carbons (Fsp3) is 0.500. The van der Waals surface area contributed by atoms with Gasteiger partial charge < -0.3 is 4.74 Å². The van der Waals surface area contributed by atoms with Gasteiger partial charge in [0.25, 0.3) is 0 Å². The molecule has 0 radical (unpaired) electrons. The molecule has 2 aromatic carbocycles. The Bertz CT molecular complexity index is 858. The lowest BCUT2D eigenvalue weighted by Crippen LogP contribution is -2.53. The van der Waals surface area contributed by atoms with Gasteiger partial charge >= 0.3 is 6.10 Å². The summed E-state index contributed by atoms with van der Waals surface area (Å²) >= 11 is 0. The van der Waals surface area contributed by atoms with Crippen LogP contribution < -0.4 is 9.80 Å². The Labute approximate surface area is 207 Å². The molecule has 1 aliphatic heterocycles. The van der Waals surface area contributed by atoms with Crippen molar-refractivity contribution in [2.75, 3.05) is 16.9 Å². The normalized spacial score (nSPS) is 15.3. The minimum atomic E-state index is -2.16. The van der Waals surface area contributed by atoms with Crippen LogP contribution in [-0.2, 0) is 4.74 Å². The van der Waals surface area contributed by atoms with Gasteiger partial charge in [-0.25, -0.2) is 0 Å². The molecule has 0 spiro atoms. The van der Waals surface area contributed by atoms with Crippen LogP contribution in [0.25, 0.3) is 0 Å². The van der Waals surface area contributed by atoms with Crippen LogP contribution in [-0.4, -0.2) is 13.2 Å². The highest BCUT2D eigenvalue weighted by atomic mass is 32.1. The molecule has 182 valence electrons. The van der Waals surface area contributed by atoms with Crippen LogP contribution in [0.4, 0.5) is 15.8 Å². The van der Waals surface area contributed by atoms with E-state index in [0.29, 0.717) is 0 Å². The van der Waals surface area contributed by atoms with E-state index in [2.05, 4.69) is 91.8 Å². The summed E-state index contributed by atoms with van der Waals surface area (Å²) in [4.78, 5) is 3.36. The fourth-order valence-corrected chi connectivity index (χ4v) is 4.63. The maximum atomic E-state index is 17.1. The van der Waals surface area contributed by atoms with Crippen LogP contribution in [0.2, 0.25) is 0 Å². The predicted octanol–water partition coefficient (Wildman–Crippen LogP) is 8.32. The number of benzene rings is 2. The summed E-state index contributed by atoms with van der Waals surface area (Å²) < 4.78 is 22.8. The first-order chi connectivity index (χ1) is 15.0. The molecule has 0 aliphatic carbocycles. The van der Waals surface area contributed by atoms with Crippen molar-refractivity contribution in [3.05, 3.63) is 71.1 Å². The molecule has 0 atom stereocenters. The molecule has 0 saturated heterocycles. The number of para-hydroxylation sites is 2. The van der Waals surface area contributed by atoms with Crippen molar-refractivity contribution >= 4 is 24.9 Å². The molecular weight excluding hydrogens is 431 g/mol. The standard InChI is InChI=1S/C28H39FN2O.H2S/c1-18(2)22-12-10-13-23(19(3)4)26(22)30-16-17-31(28(30,29)32-9)27-24(20(5)6)14-11-15-25(27)21(7)8;/h10-21H,1-9H3;1H2. The second-order valence-electron chi connectivity index (χ2n) is 9.96. The van der Waals surface area contributed by atoms with Crippen molar-refractivity contribution in [3.63, 3.8) is 0 Å². The lowest BCUT2D eigenvalue weighted by molar-refractivity contribution is -0.105. The lowest BCUT2D eigenvalue weighted by atomic mass is 9.91. The van der Waals surface area contributed by atoms with Crippen molar-refractivity contribution in [1.29, 1.82) is 0 Å². The maximum absolute atomic E-state index is 17.1. The van der Waals surface area contributed by atoms with E-state index in [9.17, 15) is 0 Å². The summed E-state index contributed by atoms with van der Waals surface area (Å²) in [6.07, 6.45) is 1.50. The molecule has 2 aromatic rings. The van der Waals surface area contributed by atoms with Gasteiger partial charge in [0, 0.05) is 19.5 Å². The number of halogens is 1. The van der Waals surface area contributed by atoms with E-state index in [-0.39, 0.29) is 37.2 Å². The molecule has 0 bridgehead atoms. The first kappa shape index (κ1) is 27.3. The summed E-state index contributed by atoms with van der Waals surface area (Å²) in [5, 5.41) is 0. The average Bonchev–Trinajstić information content (AvgIpc) is 3.09. The number of nitrogens with zero attached hydrogens (tertiary/aromatic N) is 2. The summed E-state index contributed by atoms with van der Waals surface area (Å²) in [6.45, 7) is 17.2. The van der Waals surface area contributed by atoms with Gasteiger partial charge in [-0.3, -0.25) is 9.80 Å².